The van der Waals surface area contributed by atoms with Gasteiger partial charge in [0.1, 0.15) is 0 Å². The van der Waals surface area contributed by atoms with Crippen molar-refractivity contribution < 1.29 is 9.90 Å². The summed E-state index contributed by atoms with van der Waals surface area (Å²) in [4.78, 5) is 11.9. The molecule has 116 valence electrons. The Kier molecular flexibility index (Phi) is 7.12. The van der Waals surface area contributed by atoms with Crippen LogP contribution < -0.4 is 5.32 Å². The fraction of sp³-hybridized carbons (Fsp3) is 0.471. The average Bonchev–Trinajstić information content (AvgIpc) is 2.48. The van der Waals surface area contributed by atoms with Gasteiger partial charge < -0.3 is 10.4 Å². The van der Waals surface area contributed by atoms with Gasteiger partial charge in [0.2, 0.25) is 5.91 Å². The van der Waals surface area contributed by atoms with Crippen molar-refractivity contribution in [2.75, 3.05) is 13.2 Å². The first-order valence-corrected chi connectivity index (χ1v) is 8.08. The Labute approximate surface area is 135 Å². The summed E-state index contributed by atoms with van der Waals surface area (Å²) < 4.78 is 0.971. The molecule has 4 heteroatoms. The number of hydrogen-bond acceptors (Lipinski definition) is 2. The molecule has 0 aliphatic heterocycles. The fourth-order valence-corrected chi connectivity index (χ4v) is 2.67. The smallest absolute Gasteiger partial charge is 0.244 e. The quantitative estimate of drug-likeness (QED) is 0.734. The van der Waals surface area contributed by atoms with Crippen LogP contribution in [0.5, 0.6) is 0 Å². The van der Waals surface area contributed by atoms with Crippen molar-refractivity contribution in [1.29, 1.82) is 0 Å². The topological polar surface area (TPSA) is 49.3 Å². The number of carbonyl (C=O) groups excluding carboxylic acids is 1. The third kappa shape index (κ3) is 5.29. The summed E-state index contributed by atoms with van der Waals surface area (Å²) in [6.07, 6.45) is 5.00. The van der Waals surface area contributed by atoms with E-state index in [1.54, 1.807) is 6.08 Å². The Morgan fingerprint density at radius 3 is 2.57 bits per heavy atom. The molecule has 1 aromatic carbocycles. The zero-order valence-electron chi connectivity index (χ0n) is 12.9. The molecular formula is C17H24BrNO2. The number of rotatable bonds is 7. The molecule has 0 saturated carbocycles. The zero-order valence-corrected chi connectivity index (χ0v) is 14.5. The van der Waals surface area contributed by atoms with E-state index in [1.807, 2.05) is 39.0 Å². The van der Waals surface area contributed by atoms with Crippen LogP contribution in [0.15, 0.2) is 28.7 Å². The minimum Gasteiger partial charge on any atom is -0.396 e. The molecule has 0 bridgehead atoms. The second kappa shape index (κ2) is 8.35. The summed E-state index contributed by atoms with van der Waals surface area (Å²) >= 11 is 3.49. The molecule has 0 aliphatic carbocycles. The predicted molar refractivity (Wildman–Crippen MR) is 91.0 cm³/mol. The molecular weight excluding hydrogens is 330 g/mol. The Hall–Kier alpha value is -1.13. The molecule has 3 nitrogen and oxygen atoms in total. The first-order valence-electron chi connectivity index (χ1n) is 7.29. The molecule has 0 spiro atoms. The lowest BCUT2D eigenvalue weighted by Gasteiger charge is -2.29. The monoisotopic (exact) mass is 353 g/mol. The molecule has 21 heavy (non-hydrogen) atoms. The summed E-state index contributed by atoms with van der Waals surface area (Å²) in [5.41, 5.74) is 1.92. The van der Waals surface area contributed by atoms with Crippen LogP contribution in [0.2, 0.25) is 0 Å². The van der Waals surface area contributed by atoms with Crippen molar-refractivity contribution in [3.63, 3.8) is 0 Å². The van der Waals surface area contributed by atoms with E-state index in [2.05, 4.69) is 21.2 Å². The van der Waals surface area contributed by atoms with E-state index < -0.39 is 0 Å². The van der Waals surface area contributed by atoms with Crippen molar-refractivity contribution in [3.05, 3.63) is 39.9 Å². The highest BCUT2D eigenvalue weighted by atomic mass is 79.9. The normalized spacial score (nSPS) is 11.9. The van der Waals surface area contributed by atoms with E-state index in [0.717, 1.165) is 22.9 Å². The van der Waals surface area contributed by atoms with Crippen molar-refractivity contribution >= 4 is 27.9 Å². The van der Waals surface area contributed by atoms with Crippen molar-refractivity contribution in [3.8, 4) is 0 Å². The van der Waals surface area contributed by atoms with Crippen LogP contribution in [-0.4, -0.2) is 24.2 Å². The maximum Gasteiger partial charge on any atom is 0.244 e. The Morgan fingerprint density at radius 1 is 1.38 bits per heavy atom. The number of benzene rings is 1. The van der Waals surface area contributed by atoms with Crippen LogP contribution in [0.4, 0.5) is 0 Å². The first kappa shape index (κ1) is 17.9. The fourth-order valence-electron chi connectivity index (χ4n) is 2.05. The van der Waals surface area contributed by atoms with Gasteiger partial charge in [0.05, 0.1) is 6.61 Å². The molecule has 0 saturated heterocycles. The predicted octanol–water partition coefficient (Wildman–Crippen LogP) is 3.69. The summed E-state index contributed by atoms with van der Waals surface area (Å²) in [6, 6.07) is 6.00. The van der Waals surface area contributed by atoms with Crippen molar-refractivity contribution in [2.45, 2.75) is 33.6 Å². The third-order valence-electron chi connectivity index (χ3n) is 4.04. The van der Waals surface area contributed by atoms with Crippen LogP contribution in [0.3, 0.4) is 0 Å². The maximum atomic E-state index is 11.9. The number of amides is 1. The number of aliphatic hydroxyl groups is 1. The summed E-state index contributed by atoms with van der Waals surface area (Å²) in [6.45, 7) is 6.67. The highest BCUT2D eigenvalue weighted by molar-refractivity contribution is 9.10. The molecule has 0 aliphatic rings. The van der Waals surface area contributed by atoms with E-state index in [1.165, 1.54) is 11.6 Å². The molecule has 0 radical (unpaired) electrons. The third-order valence-corrected chi connectivity index (χ3v) is 4.73. The molecule has 2 N–H and O–H groups in total. The van der Waals surface area contributed by atoms with Gasteiger partial charge in [-0.25, -0.2) is 0 Å². The Morgan fingerprint density at radius 2 is 2.05 bits per heavy atom. The van der Waals surface area contributed by atoms with Crippen LogP contribution in [-0.2, 0) is 4.79 Å². The van der Waals surface area contributed by atoms with E-state index in [4.69, 9.17) is 0 Å². The second-order valence-electron chi connectivity index (χ2n) is 5.44. The van der Waals surface area contributed by atoms with Gasteiger partial charge in [0, 0.05) is 22.5 Å². The highest BCUT2D eigenvalue weighted by Crippen LogP contribution is 2.24. The average molecular weight is 354 g/mol. The second-order valence-corrected chi connectivity index (χ2v) is 6.30. The van der Waals surface area contributed by atoms with E-state index in [9.17, 15) is 9.90 Å². The minimum atomic E-state index is -0.214. The maximum absolute atomic E-state index is 11.9. The van der Waals surface area contributed by atoms with Crippen molar-refractivity contribution in [2.24, 2.45) is 5.41 Å². The molecule has 0 atom stereocenters. The largest absolute Gasteiger partial charge is 0.396 e. The minimum absolute atomic E-state index is 0.0908. The lowest BCUT2D eigenvalue weighted by Crippen LogP contribution is -2.38. The van der Waals surface area contributed by atoms with Gasteiger partial charge in [-0.05, 0) is 43.0 Å². The number of aryl methyl sites for hydroxylation is 1. The molecule has 0 aromatic heterocycles. The van der Waals surface area contributed by atoms with Gasteiger partial charge in [0.15, 0.2) is 0 Å². The summed E-state index contributed by atoms with van der Waals surface area (Å²) in [7, 11) is 0. The lowest BCUT2D eigenvalue weighted by molar-refractivity contribution is -0.117. The molecule has 0 unspecified atom stereocenters. The van der Waals surface area contributed by atoms with Crippen LogP contribution >= 0.6 is 15.9 Å². The number of carbonyl (C=O) groups is 1. The SMILES string of the molecule is CCC(CC)(CO)CNC(=O)/C=C/c1ccc(C)cc1Br. The summed E-state index contributed by atoms with van der Waals surface area (Å²) in [5, 5.41) is 12.4. The van der Waals surface area contributed by atoms with E-state index >= 15 is 0 Å². The van der Waals surface area contributed by atoms with Crippen LogP contribution in [0, 0.1) is 12.3 Å². The standard InChI is InChI=1S/C17H24BrNO2/c1-4-17(5-2,12-20)11-19-16(21)9-8-14-7-6-13(3)10-15(14)18/h6-10,20H,4-5,11-12H2,1-3H3,(H,19,21)/b9-8+. The van der Waals surface area contributed by atoms with Gasteiger partial charge >= 0.3 is 0 Å². The molecule has 1 rings (SSSR count). The van der Waals surface area contributed by atoms with Crippen molar-refractivity contribution in [1.82, 2.24) is 5.32 Å². The van der Waals surface area contributed by atoms with Crippen LogP contribution in [0.1, 0.15) is 37.8 Å². The molecule has 0 heterocycles. The number of halogens is 1. The van der Waals surface area contributed by atoms with Gasteiger partial charge in [0.25, 0.3) is 0 Å². The Balaban J connectivity index is 2.63. The van der Waals surface area contributed by atoms with Gasteiger partial charge in [-0.1, -0.05) is 41.9 Å². The molecule has 1 amide bonds. The number of aliphatic hydroxyl groups excluding tert-OH is 1. The number of nitrogens with one attached hydrogen (secondary N) is 1. The van der Waals surface area contributed by atoms with Crippen LogP contribution in [0.25, 0.3) is 6.08 Å². The number of hydrogen-bond donors (Lipinski definition) is 2. The van der Waals surface area contributed by atoms with E-state index in [0.29, 0.717) is 6.54 Å². The first-order chi connectivity index (χ1) is 9.96. The van der Waals surface area contributed by atoms with E-state index in [-0.39, 0.29) is 17.9 Å². The van der Waals surface area contributed by atoms with Gasteiger partial charge in [-0.15, -0.1) is 0 Å². The molecule has 0 fully saturated rings. The Bertz CT molecular complexity index is 499. The molecule has 1 aromatic rings. The highest BCUT2D eigenvalue weighted by Gasteiger charge is 2.25. The van der Waals surface area contributed by atoms with Gasteiger partial charge in [-0.2, -0.15) is 0 Å². The summed E-state index contributed by atoms with van der Waals surface area (Å²) in [5.74, 6) is -0.137. The lowest BCUT2D eigenvalue weighted by atomic mass is 9.83. The van der Waals surface area contributed by atoms with Gasteiger partial charge in [-0.3, -0.25) is 4.79 Å². The zero-order chi connectivity index (χ0) is 15.9.